The number of ether oxygens (including phenoxy) is 1. The predicted molar refractivity (Wildman–Crippen MR) is 158 cm³/mol. The summed E-state index contributed by atoms with van der Waals surface area (Å²) in [7, 11) is 0. The van der Waals surface area contributed by atoms with E-state index in [1.54, 1.807) is 18.5 Å². The quantitative estimate of drug-likeness (QED) is 0.155. The van der Waals surface area contributed by atoms with Crippen LogP contribution in [-0.2, 0) is 0 Å². The van der Waals surface area contributed by atoms with Crippen molar-refractivity contribution in [3.05, 3.63) is 96.3 Å². The number of benzene rings is 4. The van der Waals surface area contributed by atoms with Crippen molar-refractivity contribution in [2.24, 2.45) is 5.10 Å². The van der Waals surface area contributed by atoms with Crippen LogP contribution in [-0.4, -0.2) is 39.9 Å². The van der Waals surface area contributed by atoms with Gasteiger partial charge < -0.3 is 4.74 Å². The van der Waals surface area contributed by atoms with E-state index in [0.29, 0.717) is 18.2 Å². The van der Waals surface area contributed by atoms with Gasteiger partial charge in [-0.1, -0.05) is 72.8 Å². The van der Waals surface area contributed by atoms with Gasteiger partial charge in [0, 0.05) is 22.7 Å². The van der Waals surface area contributed by atoms with Gasteiger partial charge in [0.25, 0.3) is 5.50 Å². The van der Waals surface area contributed by atoms with Crippen molar-refractivity contribution in [1.82, 2.24) is 19.9 Å². The fourth-order valence-electron chi connectivity index (χ4n) is 5.37. The van der Waals surface area contributed by atoms with E-state index < -0.39 is 11.9 Å². The molecule has 5 aromatic rings. The third-order valence-corrected chi connectivity index (χ3v) is 8.42. The summed E-state index contributed by atoms with van der Waals surface area (Å²) in [5.41, 5.74) is 15.8. The largest absolute Gasteiger partial charge is 0.573 e. The first kappa shape index (κ1) is 27.3. The molecule has 0 N–H and O–H groups in total. The Morgan fingerprint density at radius 3 is 2.56 bits per heavy atom. The second-order valence-corrected chi connectivity index (χ2v) is 11.4. The molecule has 0 spiro atoms. The molecular weight excluding hydrogens is 547 g/mol. The third-order valence-electron chi connectivity index (χ3n) is 7.36. The van der Waals surface area contributed by atoms with Gasteiger partial charge in [-0.2, -0.15) is 0 Å². The Labute approximate surface area is 239 Å². The van der Waals surface area contributed by atoms with Gasteiger partial charge in [0.1, 0.15) is 18.6 Å². The standard InChI is InChI=1S/C31H27F3N5OS/c1-20(2)25-5-3-4-6-28(25)39(15-16-41-30(39)35)37-18-21-7-13-26-22(17-21)8-14-27-29(26)36-19-38(27)23-9-11-24(12-10-23)40-31(32,33)34/h3-14,17-20,30H,15-16H2,1-2H3/q+1/b37-18+. The molecule has 0 bridgehead atoms. The number of hydrogen-bond acceptors (Lipinski definition) is 4. The molecule has 0 saturated carbocycles. The van der Waals surface area contributed by atoms with Crippen molar-refractivity contribution in [2.45, 2.75) is 31.6 Å². The van der Waals surface area contributed by atoms with E-state index in [4.69, 9.17) is 5.10 Å². The molecule has 2 unspecified atom stereocenters. The average molecular weight is 575 g/mol. The number of alkyl halides is 3. The van der Waals surface area contributed by atoms with E-state index in [1.165, 1.54) is 29.5 Å². The number of hydrogen-bond donors (Lipinski definition) is 0. The first-order chi connectivity index (χ1) is 19.6. The molecule has 0 aliphatic carbocycles. The van der Waals surface area contributed by atoms with Gasteiger partial charge in [0.2, 0.25) is 0 Å². The topological polar surface area (TPSA) is 61.7 Å². The zero-order valence-electron chi connectivity index (χ0n) is 22.4. The summed E-state index contributed by atoms with van der Waals surface area (Å²) in [6.07, 6.45) is -1.25. The van der Waals surface area contributed by atoms with Crippen molar-refractivity contribution in [3.63, 3.8) is 0 Å². The van der Waals surface area contributed by atoms with E-state index in [0.717, 1.165) is 38.8 Å². The first-order valence-corrected chi connectivity index (χ1v) is 14.3. The fourth-order valence-corrected chi connectivity index (χ4v) is 6.48. The van der Waals surface area contributed by atoms with Crippen molar-refractivity contribution in [1.29, 1.82) is 0 Å². The SMILES string of the molecule is CC(C)c1ccccc1[N+]1(/N=C/c2ccc3c(ccc4c3ncn4-c3ccc(OC(F)(F)F)cc3)c2)CCSC1[N]. The summed E-state index contributed by atoms with van der Waals surface area (Å²) in [6, 6.07) is 23.8. The van der Waals surface area contributed by atoms with Crippen LogP contribution < -0.4 is 15.1 Å². The maximum atomic E-state index is 12.5. The lowest BCUT2D eigenvalue weighted by atomic mass is 10.00. The number of para-hydroxylation sites is 1. The van der Waals surface area contributed by atoms with Crippen LogP contribution in [0.1, 0.15) is 30.9 Å². The minimum Gasteiger partial charge on any atom is -0.406 e. The van der Waals surface area contributed by atoms with E-state index in [1.807, 2.05) is 53.2 Å². The Morgan fingerprint density at radius 2 is 1.85 bits per heavy atom. The lowest BCUT2D eigenvalue weighted by molar-refractivity contribution is -0.274. The van der Waals surface area contributed by atoms with Gasteiger partial charge in [0.15, 0.2) is 5.69 Å². The summed E-state index contributed by atoms with van der Waals surface area (Å²) in [6.45, 7) is 5.00. The molecule has 2 atom stereocenters. The molecule has 6 rings (SSSR count). The Bertz CT molecular complexity index is 1750. The molecular formula is C31H27F3N5OS+. The van der Waals surface area contributed by atoms with Crippen molar-refractivity contribution >= 4 is 45.5 Å². The summed E-state index contributed by atoms with van der Waals surface area (Å²) in [5.74, 6) is 0.826. The number of nitrogens with zero attached hydrogens (tertiary/aromatic N) is 5. The summed E-state index contributed by atoms with van der Waals surface area (Å²) >= 11 is 1.51. The van der Waals surface area contributed by atoms with Gasteiger partial charge in [-0.05, 0) is 53.3 Å². The maximum Gasteiger partial charge on any atom is 0.573 e. The molecule has 2 radical (unpaired) electrons. The number of rotatable bonds is 6. The van der Waals surface area contributed by atoms with Crippen LogP contribution in [0, 0.1) is 0 Å². The second kappa shape index (κ2) is 10.5. The number of aromatic nitrogens is 2. The summed E-state index contributed by atoms with van der Waals surface area (Å²) in [5, 5.41) is 6.93. The Hall–Kier alpha value is -3.86. The second-order valence-electron chi connectivity index (χ2n) is 10.3. The Balaban J connectivity index is 1.33. The highest BCUT2D eigenvalue weighted by atomic mass is 32.2. The first-order valence-electron chi connectivity index (χ1n) is 13.2. The van der Waals surface area contributed by atoms with E-state index in [2.05, 4.69) is 35.7 Å². The monoisotopic (exact) mass is 574 g/mol. The van der Waals surface area contributed by atoms with Crippen molar-refractivity contribution in [2.75, 3.05) is 12.3 Å². The molecule has 41 heavy (non-hydrogen) atoms. The molecule has 2 heterocycles. The fraction of sp³-hybridized carbons (Fsp3) is 0.226. The minimum atomic E-state index is -4.74. The smallest absolute Gasteiger partial charge is 0.406 e. The van der Waals surface area contributed by atoms with Gasteiger partial charge in [-0.15, -0.1) is 17.8 Å². The average Bonchev–Trinajstić information content (AvgIpc) is 3.55. The van der Waals surface area contributed by atoms with Crippen LogP contribution in [0.3, 0.4) is 0 Å². The third kappa shape index (κ3) is 5.18. The number of imidazole rings is 1. The van der Waals surface area contributed by atoms with E-state index in [9.17, 15) is 18.9 Å². The number of quaternary nitrogens is 1. The van der Waals surface area contributed by atoms with Crippen molar-refractivity contribution in [3.8, 4) is 11.4 Å². The van der Waals surface area contributed by atoms with E-state index >= 15 is 0 Å². The van der Waals surface area contributed by atoms with Gasteiger partial charge in [0.05, 0.1) is 23.0 Å². The highest BCUT2D eigenvalue weighted by Gasteiger charge is 2.46. The molecule has 10 heteroatoms. The number of thioether (sulfide) groups is 1. The van der Waals surface area contributed by atoms with Crippen LogP contribution in [0.5, 0.6) is 5.75 Å². The molecule has 1 aromatic heterocycles. The minimum absolute atomic E-state index is 0.132. The van der Waals surface area contributed by atoms with Crippen LogP contribution >= 0.6 is 11.8 Å². The zero-order chi connectivity index (χ0) is 28.8. The maximum absolute atomic E-state index is 12.5. The number of halogens is 3. The van der Waals surface area contributed by atoms with Crippen LogP contribution in [0.25, 0.3) is 27.5 Å². The summed E-state index contributed by atoms with van der Waals surface area (Å²) < 4.78 is 43.5. The lowest BCUT2D eigenvalue weighted by Crippen LogP contribution is -2.49. The van der Waals surface area contributed by atoms with E-state index in [-0.39, 0.29) is 10.3 Å². The zero-order valence-corrected chi connectivity index (χ0v) is 23.2. The molecule has 4 aromatic carbocycles. The van der Waals surface area contributed by atoms with Crippen LogP contribution in [0.15, 0.2) is 90.3 Å². The molecule has 208 valence electrons. The Morgan fingerprint density at radius 1 is 1.07 bits per heavy atom. The van der Waals surface area contributed by atoms with Crippen molar-refractivity contribution < 1.29 is 17.9 Å². The van der Waals surface area contributed by atoms with Crippen LogP contribution in [0.2, 0.25) is 0 Å². The molecule has 1 fully saturated rings. The van der Waals surface area contributed by atoms with Gasteiger partial charge in [-0.25, -0.2) is 4.98 Å². The van der Waals surface area contributed by atoms with Gasteiger partial charge in [-0.3, -0.25) is 4.57 Å². The lowest BCUT2D eigenvalue weighted by Gasteiger charge is -2.31. The number of fused-ring (bicyclic) bond motifs is 3. The molecule has 1 aliphatic rings. The van der Waals surface area contributed by atoms with Crippen LogP contribution in [0.4, 0.5) is 18.9 Å². The summed E-state index contributed by atoms with van der Waals surface area (Å²) in [4.78, 5) is 4.61. The predicted octanol–water partition coefficient (Wildman–Crippen LogP) is 7.64. The normalized spacial score (nSPS) is 19.6. The molecule has 1 saturated heterocycles. The highest BCUT2D eigenvalue weighted by molar-refractivity contribution is 8.00. The molecule has 1 aliphatic heterocycles. The highest BCUT2D eigenvalue weighted by Crippen LogP contribution is 2.41. The van der Waals surface area contributed by atoms with Gasteiger partial charge >= 0.3 is 6.36 Å². The Kier molecular flexibility index (Phi) is 7.01. The molecule has 0 amide bonds. The molecule has 6 nitrogen and oxygen atoms in total.